The number of benzene rings is 1. The minimum absolute atomic E-state index is 0.371. The molecule has 124 valence electrons. The molecule has 0 fully saturated rings. The Kier molecular flexibility index (Phi) is 6.18. The summed E-state index contributed by atoms with van der Waals surface area (Å²) in [5, 5.41) is 15.3. The van der Waals surface area contributed by atoms with E-state index in [9.17, 15) is 4.79 Å². The van der Waals surface area contributed by atoms with E-state index < -0.39 is 0 Å². The van der Waals surface area contributed by atoms with Crippen molar-refractivity contribution in [1.29, 1.82) is 0 Å². The second kappa shape index (κ2) is 8.12. The summed E-state index contributed by atoms with van der Waals surface area (Å²) in [4.78, 5) is 14.0. The number of aryl methyl sites for hydroxylation is 1. The zero-order valence-corrected chi connectivity index (χ0v) is 15.0. The summed E-state index contributed by atoms with van der Waals surface area (Å²) >= 11 is 7.38. The van der Waals surface area contributed by atoms with E-state index in [1.54, 1.807) is 12.1 Å². The molecule has 2 amide bonds. The number of nitrogens with zero attached hydrogens (tertiary/aromatic N) is 3. The first-order valence-electron chi connectivity index (χ1n) is 7.38. The van der Waals surface area contributed by atoms with Gasteiger partial charge in [0, 0.05) is 24.3 Å². The van der Waals surface area contributed by atoms with Crippen molar-refractivity contribution in [3.63, 3.8) is 0 Å². The van der Waals surface area contributed by atoms with Crippen LogP contribution in [-0.4, -0.2) is 29.8 Å². The molecule has 0 unspecified atom stereocenters. The monoisotopic (exact) mass is 353 g/mol. The van der Waals surface area contributed by atoms with E-state index >= 15 is 0 Å². The number of carbonyl (C=O) groups is 1. The number of rotatable bonds is 6. The molecule has 0 aliphatic rings. The van der Waals surface area contributed by atoms with Gasteiger partial charge in [-0.3, -0.25) is 5.32 Å². The highest BCUT2D eigenvalue weighted by Gasteiger charge is 2.11. The third kappa shape index (κ3) is 5.07. The summed E-state index contributed by atoms with van der Waals surface area (Å²) in [7, 11) is 1.97. The van der Waals surface area contributed by atoms with Crippen molar-refractivity contribution in [3.8, 4) is 0 Å². The highest BCUT2D eigenvalue weighted by atomic mass is 35.5. The molecule has 8 heteroatoms. The summed E-state index contributed by atoms with van der Waals surface area (Å²) in [6.07, 6.45) is 2.21. The fourth-order valence-corrected chi connectivity index (χ4v) is 2.75. The lowest BCUT2D eigenvalue weighted by Crippen LogP contribution is -2.19. The predicted molar refractivity (Wildman–Crippen MR) is 96.9 cm³/mol. The van der Waals surface area contributed by atoms with Gasteiger partial charge in [-0.25, -0.2) is 4.79 Å². The zero-order valence-electron chi connectivity index (χ0n) is 13.4. The molecule has 0 bridgehead atoms. The Morgan fingerprint density at radius 1 is 1.35 bits per heavy atom. The molecule has 0 radical (unpaired) electrons. The van der Waals surface area contributed by atoms with Crippen molar-refractivity contribution in [2.45, 2.75) is 26.7 Å². The van der Waals surface area contributed by atoms with Crippen LogP contribution in [0.4, 0.5) is 20.7 Å². The maximum Gasteiger partial charge on any atom is 0.325 e. The number of anilines is 3. The molecule has 1 heterocycles. The first-order valence-corrected chi connectivity index (χ1v) is 8.58. The fraction of sp³-hybridized carbons (Fsp3) is 0.400. The Hall–Kier alpha value is -1.86. The molecule has 0 spiro atoms. The lowest BCUT2D eigenvalue weighted by Gasteiger charge is -2.13. The molecule has 2 aromatic rings. The van der Waals surface area contributed by atoms with Crippen molar-refractivity contribution in [3.05, 3.63) is 28.8 Å². The Labute approximate surface area is 144 Å². The number of hydrogen-bond donors (Lipinski definition) is 2. The lowest BCUT2D eigenvalue weighted by atomic mass is 10.2. The molecule has 0 saturated heterocycles. The molecule has 2 N–H and O–H groups in total. The van der Waals surface area contributed by atoms with E-state index in [1.165, 1.54) is 11.3 Å². The van der Waals surface area contributed by atoms with E-state index in [0.717, 1.165) is 30.1 Å². The number of unbranched alkanes of at least 4 members (excludes halogenated alkanes) is 1. The predicted octanol–water partition coefficient (Wildman–Crippen LogP) is 4.38. The molecule has 0 aliphatic carbocycles. The molecule has 1 aromatic carbocycles. The first-order chi connectivity index (χ1) is 11.0. The van der Waals surface area contributed by atoms with E-state index in [1.807, 2.05) is 24.9 Å². The maximum atomic E-state index is 12.0. The number of halogens is 1. The molecular formula is C15H20ClN5OS. The quantitative estimate of drug-likeness (QED) is 0.808. The third-order valence-corrected chi connectivity index (χ3v) is 4.60. The number of carbonyl (C=O) groups excluding carboxylic acids is 1. The third-order valence-electron chi connectivity index (χ3n) is 3.24. The van der Waals surface area contributed by atoms with Gasteiger partial charge in [0.15, 0.2) is 0 Å². The number of hydrogen-bond acceptors (Lipinski definition) is 5. The fourth-order valence-electron chi connectivity index (χ4n) is 1.84. The normalized spacial score (nSPS) is 10.4. The van der Waals surface area contributed by atoms with E-state index in [-0.39, 0.29) is 6.03 Å². The molecule has 2 rings (SSSR count). The SMILES string of the molecule is CCCCN(C)c1nnc(NC(=O)Nc2ccc(C)c(Cl)c2)s1. The Balaban J connectivity index is 1.92. The van der Waals surface area contributed by atoms with Crippen LogP contribution in [0.3, 0.4) is 0 Å². The van der Waals surface area contributed by atoms with Crippen LogP contribution in [-0.2, 0) is 0 Å². The molecule has 0 aliphatic heterocycles. The summed E-state index contributed by atoms with van der Waals surface area (Å²) in [6.45, 7) is 4.96. The number of aromatic nitrogens is 2. The average molecular weight is 354 g/mol. The van der Waals surface area contributed by atoms with Gasteiger partial charge in [0.2, 0.25) is 10.3 Å². The van der Waals surface area contributed by atoms with Crippen LogP contribution in [0, 0.1) is 6.92 Å². The molecule has 6 nitrogen and oxygen atoms in total. The molecule has 1 aromatic heterocycles. The summed E-state index contributed by atoms with van der Waals surface area (Å²) in [5.74, 6) is 0. The van der Waals surface area contributed by atoms with Crippen LogP contribution in [0.2, 0.25) is 5.02 Å². The van der Waals surface area contributed by atoms with Crippen molar-refractivity contribution in [1.82, 2.24) is 10.2 Å². The average Bonchev–Trinajstić information content (AvgIpc) is 2.97. The van der Waals surface area contributed by atoms with E-state index in [0.29, 0.717) is 15.8 Å². The Morgan fingerprint density at radius 3 is 2.83 bits per heavy atom. The topological polar surface area (TPSA) is 70.2 Å². The number of amides is 2. The summed E-state index contributed by atoms with van der Waals surface area (Å²) < 4.78 is 0. The van der Waals surface area contributed by atoms with Gasteiger partial charge in [-0.1, -0.05) is 42.3 Å². The van der Waals surface area contributed by atoms with Gasteiger partial charge in [-0.2, -0.15) is 0 Å². The Bertz CT molecular complexity index is 676. The van der Waals surface area contributed by atoms with Crippen LogP contribution >= 0.6 is 22.9 Å². The molecular weight excluding hydrogens is 334 g/mol. The minimum Gasteiger partial charge on any atom is -0.350 e. The number of nitrogens with one attached hydrogen (secondary N) is 2. The first kappa shape index (κ1) is 17.5. The molecule has 23 heavy (non-hydrogen) atoms. The van der Waals surface area contributed by atoms with Gasteiger partial charge in [0.05, 0.1) is 0 Å². The molecule has 0 saturated carbocycles. The van der Waals surface area contributed by atoms with Gasteiger partial charge < -0.3 is 10.2 Å². The van der Waals surface area contributed by atoms with Crippen molar-refractivity contribution >= 4 is 44.9 Å². The maximum absolute atomic E-state index is 12.0. The van der Waals surface area contributed by atoms with Crippen LogP contribution < -0.4 is 15.5 Å². The van der Waals surface area contributed by atoms with Gasteiger partial charge in [0.25, 0.3) is 0 Å². The number of urea groups is 1. The second-order valence-corrected chi connectivity index (χ2v) is 6.57. The van der Waals surface area contributed by atoms with Crippen LogP contribution in [0.1, 0.15) is 25.3 Å². The highest BCUT2D eigenvalue weighted by Crippen LogP contribution is 2.24. The standard InChI is InChI=1S/C15H20ClN5OS/c1-4-5-8-21(3)15-20-19-14(23-15)18-13(22)17-11-7-6-10(2)12(16)9-11/h6-7,9H,4-5,8H2,1-3H3,(H2,17,18,19,22). The van der Waals surface area contributed by atoms with Gasteiger partial charge in [0.1, 0.15) is 0 Å². The minimum atomic E-state index is -0.371. The van der Waals surface area contributed by atoms with Crippen molar-refractivity contribution in [2.75, 3.05) is 29.1 Å². The van der Waals surface area contributed by atoms with Crippen molar-refractivity contribution in [2.24, 2.45) is 0 Å². The van der Waals surface area contributed by atoms with E-state index in [4.69, 9.17) is 11.6 Å². The van der Waals surface area contributed by atoms with Gasteiger partial charge >= 0.3 is 6.03 Å². The summed E-state index contributed by atoms with van der Waals surface area (Å²) in [5.41, 5.74) is 1.59. The van der Waals surface area contributed by atoms with Crippen LogP contribution in [0.25, 0.3) is 0 Å². The highest BCUT2D eigenvalue weighted by molar-refractivity contribution is 7.19. The lowest BCUT2D eigenvalue weighted by molar-refractivity contribution is 0.262. The summed E-state index contributed by atoms with van der Waals surface area (Å²) in [6, 6.07) is 4.98. The largest absolute Gasteiger partial charge is 0.350 e. The van der Waals surface area contributed by atoms with Crippen molar-refractivity contribution < 1.29 is 4.79 Å². The van der Waals surface area contributed by atoms with E-state index in [2.05, 4.69) is 27.8 Å². The zero-order chi connectivity index (χ0) is 16.8. The van der Waals surface area contributed by atoms with Gasteiger partial charge in [-0.15, -0.1) is 10.2 Å². The smallest absolute Gasteiger partial charge is 0.325 e. The second-order valence-electron chi connectivity index (χ2n) is 5.21. The van der Waals surface area contributed by atoms with Crippen LogP contribution in [0.15, 0.2) is 18.2 Å². The van der Waals surface area contributed by atoms with Crippen LogP contribution in [0.5, 0.6) is 0 Å². The molecule has 0 atom stereocenters. The van der Waals surface area contributed by atoms with Gasteiger partial charge in [-0.05, 0) is 31.0 Å². The Morgan fingerprint density at radius 2 is 2.13 bits per heavy atom.